The molecule has 7 heteroatoms. The minimum absolute atomic E-state index is 0.0360. The van der Waals surface area contributed by atoms with Crippen molar-refractivity contribution in [2.45, 2.75) is 63.3 Å². The zero-order valence-electron chi connectivity index (χ0n) is 20.5. The number of nitrogens with one attached hydrogen (secondary N) is 1. The molecule has 0 bridgehead atoms. The molecule has 3 heterocycles. The fraction of sp³-hybridized carbons (Fsp3) is 0.444. The van der Waals surface area contributed by atoms with E-state index in [0.717, 1.165) is 58.2 Å². The third kappa shape index (κ3) is 4.00. The van der Waals surface area contributed by atoms with Gasteiger partial charge in [0.15, 0.2) is 0 Å². The van der Waals surface area contributed by atoms with Gasteiger partial charge in [-0.1, -0.05) is 31.9 Å². The Balaban J connectivity index is 1.40. The third-order valence-electron chi connectivity index (χ3n) is 7.38. The van der Waals surface area contributed by atoms with Crippen molar-refractivity contribution in [2.75, 3.05) is 17.2 Å². The molecule has 34 heavy (non-hydrogen) atoms. The highest BCUT2D eigenvalue weighted by Gasteiger charge is 2.48. The smallest absolute Gasteiger partial charge is 0.322 e. The second-order valence-corrected chi connectivity index (χ2v) is 10.9. The molecule has 1 saturated carbocycles. The molecule has 1 spiro atoms. The molecule has 0 saturated heterocycles. The zero-order valence-corrected chi connectivity index (χ0v) is 21.3. The summed E-state index contributed by atoms with van der Waals surface area (Å²) >= 11 is 1.83. The highest BCUT2D eigenvalue weighted by molar-refractivity contribution is 7.99. The van der Waals surface area contributed by atoms with E-state index >= 15 is 0 Å². The van der Waals surface area contributed by atoms with Crippen molar-refractivity contribution >= 4 is 23.5 Å². The summed E-state index contributed by atoms with van der Waals surface area (Å²) in [5.41, 5.74) is 7.28. The van der Waals surface area contributed by atoms with E-state index in [0.29, 0.717) is 13.1 Å². The highest BCUT2D eigenvalue weighted by atomic mass is 32.2. The van der Waals surface area contributed by atoms with Crippen LogP contribution in [0.25, 0.3) is 11.3 Å². The number of thioether (sulfide) groups is 1. The van der Waals surface area contributed by atoms with Gasteiger partial charge in [-0.05, 0) is 62.3 Å². The van der Waals surface area contributed by atoms with Crippen LogP contribution in [0.2, 0.25) is 0 Å². The standard InChI is InChI=1S/C27H33N5OS/c1-5-34-21-10-8-20(9-11-21)16-28-26(33)32-17-27(14-6-7-15-27)25-23(32)13-12-22(29-25)24-18(2)30-31(4)19(24)3/h8-13H,5-7,14-17H2,1-4H3,(H,28,33). The van der Waals surface area contributed by atoms with Gasteiger partial charge < -0.3 is 5.32 Å². The van der Waals surface area contributed by atoms with Crippen LogP contribution in [0.3, 0.4) is 0 Å². The zero-order chi connectivity index (χ0) is 23.9. The Bertz CT molecular complexity index is 1210. The quantitative estimate of drug-likeness (QED) is 0.477. The van der Waals surface area contributed by atoms with Crippen molar-refractivity contribution in [3.05, 3.63) is 59.0 Å². The van der Waals surface area contributed by atoms with E-state index < -0.39 is 0 Å². The first-order valence-corrected chi connectivity index (χ1v) is 13.2. The number of aromatic nitrogens is 3. The number of amides is 2. The van der Waals surface area contributed by atoms with E-state index in [1.165, 1.54) is 17.7 Å². The first kappa shape index (κ1) is 23.0. The number of benzene rings is 1. The number of hydrogen-bond acceptors (Lipinski definition) is 4. The summed E-state index contributed by atoms with van der Waals surface area (Å²) in [6.07, 6.45) is 4.55. The summed E-state index contributed by atoms with van der Waals surface area (Å²) in [7, 11) is 1.97. The molecule has 0 unspecified atom stereocenters. The van der Waals surface area contributed by atoms with Crippen molar-refractivity contribution in [2.24, 2.45) is 7.05 Å². The largest absolute Gasteiger partial charge is 0.334 e. The van der Waals surface area contributed by atoms with Crippen LogP contribution in [0.4, 0.5) is 10.5 Å². The first-order valence-electron chi connectivity index (χ1n) is 12.2. The molecule has 3 aromatic rings. The summed E-state index contributed by atoms with van der Waals surface area (Å²) in [4.78, 5) is 21.7. The maximum atomic E-state index is 13.3. The van der Waals surface area contributed by atoms with E-state index in [1.807, 2.05) is 41.4 Å². The van der Waals surface area contributed by atoms with Crippen LogP contribution in [0, 0.1) is 13.8 Å². The molecule has 1 aliphatic heterocycles. The predicted octanol–water partition coefficient (Wildman–Crippen LogP) is 5.75. The third-order valence-corrected chi connectivity index (χ3v) is 8.27. The Hall–Kier alpha value is -2.80. The number of fused-ring (bicyclic) bond motifs is 2. The second kappa shape index (κ2) is 9.10. The molecular formula is C27H33N5OS. The number of urea groups is 1. The fourth-order valence-electron chi connectivity index (χ4n) is 5.58. The molecule has 2 aliphatic rings. The van der Waals surface area contributed by atoms with Crippen LogP contribution < -0.4 is 10.2 Å². The number of nitrogens with zero attached hydrogens (tertiary/aromatic N) is 4. The van der Waals surface area contributed by atoms with Gasteiger partial charge in [-0.3, -0.25) is 9.58 Å². The number of hydrogen-bond donors (Lipinski definition) is 1. The molecule has 5 rings (SSSR count). The molecule has 2 amide bonds. The normalized spacial score (nSPS) is 16.3. The van der Waals surface area contributed by atoms with Crippen molar-refractivity contribution in [3.8, 4) is 11.3 Å². The number of aryl methyl sites for hydroxylation is 2. The maximum Gasteiger partial charge on any atom is 0.322 e. The lowest BCUT2D eigenvalue weighted by atomic mass is 9.84. The van der Waals surface area contributed by atoms with E-state index in [4.69, 9.17) is 4.98 Å². The monoisotopic (exact) mass is 475 g/mol. The van der Waals surface area contributed by atoms with Crippen molar-refractivity contribution in [3.63, 3.8) is 0 Å². The van der Waals surface area contributed by atoms with Crippen LogP contribution >= 0.6 is 11.8 Å². The van der Waals surface area contributed by atoms with Gasteiger partial charge in [-0.15, -0.1) is 11.8 Å². The van der Waals surface area contributed by atoms with Crippen LogP contribution in [-0.2, 0) is 19.0 Å². The molecule has 2 aromatic heterocycles. The lowest BCUT2D eigenvalue weighted by Gasteiger charge is -2.24. The molecule has 1 N–H and O–H groups in total. The van der Waals surface area contributed by atoms with E-state index in [-0.39, 0.29) is 11.4 Å². The fourth-order valence-corrected chi connectivity index (χ4v) is 6.24. The summed E-state index contributed by atoms with van der Waals surface area (Å²) < 4.78 is 1.91. The molecule has 1 aromatic carbocycles. The van der Waals surface area contributed by atoms with E-state index in [9.17, 15) is 4.79 Å². The number of pyridine rings is 1. The van der Waals surface area contributed by atoms with Crippen LogP contribution in [0.15, 0.2) is 41.3 Å². The SMILES string of the molecule is CCSc1ccc(CNC(=O)N2CC3(CCCC3)c3nc(-c4c(C)nn(C)c4C)ccc32)cc1. The average Bonchev–Trinajstić information content (AvgIpc) is 3.50. The van der Waals surface area contributed by atoms with E-state index in [2.05, 4.69) is 54.6 Å². The van der Waals surface area contributed by atoms with Crippen LogP contribution in [0.5, 0.6) is 0 Å². The molecule has 1 aliphatic carbocycles. The molecular weight excluding hydrogens is 442 g/mol. The predicted molar refractivity (Wildman–Crippen MR) is 138 cm³/mol. The first-order chi connectivity index (χ1) is 16.4. The molecule has 178 valence electrons. The topological polar surface area (TPSA) is 63.1 Å². The number of rotatable bonds is 5. The molecule has 0 radical (unpaired) electrons. The van der Waals surface area contributed by atoms with Gasteiger partial charge in [0.2, 0.25) is 0 Å². The lowest BCUT2D eigenvalue weighted by Crippen LogP contribution is -2.41. The van der Waals surface area contributed by atoms with Crippen molar-refractivity contribution in [1.29, 1.82) is 0 Å². The number of carbonyl (C=O) groups is 1. The Labute approximate surface area is 206 Å². The molecule has 1 fully saturated rings. The van der Waals surface area contributed by atoms with Gasteiger partial charge >= 0.3 is 6.03 Å². The summed E-state index contributed by atoms with van der Waals surface area (Å²) in [5.74, 6) is 1.06. The Morgan fingerprint density at radius 1 is 1.12 bits per heavy atom. The van der Waals surface area contributed by atoms with Gasteiger partial charge in [-0.2, -0.15) is 5.10 Å². The minimum Gasteiger partial charge on any atom is -0.334 e. The van der Waals surface area contributed by atoms with Gasteiger partial charge in [0.1, 0.15) is 0 Å². The van der Waals surface area contributed by atoms with Gasteiger partial charge in [-0.25, -0.2) is 9.78 Å². The van der Waals surface area contributed by atoms with Gasteiger partial charge in [0.25, 0.3) is 0 Å². The van der Waals surface area contributed by atoms with Crippen molar-refractivity contribution < 1.29 is 4.79 Å². The molecule has 6 nitrogen and oxygen atoms in total. The average molecular weight is 476 g/mol. The number of anilines is 1. The van der Waals surface area contributed by atoms with Crippen molar-refractivity contribution in [1.82, 2.24) is 20.1 Å². The minimum atomic E-state index is -0.0414. The summed E-state index contributed by atoms with van der Waals surface area (Å²) in [6.45, 7) is 7.51. The lowest BCUT2D eigenvalue weighted by molar-refractivity contribution is 0.245. The Kier molecular flexibility index (Phi) is 6.15. The van der Waals surface area contributed by atoms with Crippen LogP contribution in [0.1, 0.15) is 55.3 Å². The maximum absolute atomic E-state index is 13.3. The molecule has 0 atom stereocenters. The van der Waals surface area contributed by atoms with Crippen LogP contribution in [-0.4, -0.2) is 33.1 Å². The van der Waals surface area contributed by atoms with Gasteiger partial charge in [0, 0.05) is 41.7 Å². The Morgan fingerprint density at radius 3 is 2.50 bits per heavy atom. The van der Waals surface area contributed by atoms with Gasteiger partial charge in [0.05, 0.1) is 22.8 Å². The summed E-state index contributed by atoms with van der Waals surface area (Å²) in [6, 6.07) is 12.5. The Morgan fingerprint density at radius 2 is 1.85 bits per heavy atom. The highest BCUT2D eigenvalue weighted by Crippen LogP contribution is 2.50. The summed E-state index contributed by atoms with van der Waals surface area (Å²) in [5, 5.41) is 7.73. The number of carbonyl (C=O) groups excluding carboxylic acids is 1. The van der Waals surface area contributed by atoms with E-state index in [1.54, 1.807) is 0 Å². The second-order valence-electron chi connectivity index (χ2n) is 9.54.